The molecule has 1 amide bonds. The highest BCUT2D eigenvalue weighted by molar-refractivity contribution is 9.10. The van der Waals surface area contributed by atoms with Crippen molar-refractivity contribution in [2.24, 2.45) is 0 Å². The van der Waals surface area contributed by atoms with Gasteiger partial charge in [0.2, 0.25) is 0 Å². The Labute approximate surface area is 121 Å². The van der Waals surface area contributed by atoms with Crippen LogP contribution in [0.4, 0.5) is 0 Å². The molecule has 100 valence electrons. The lowest BCUT2D eigenvalue weighted by atomic mass is 10.1. The van der Waals surface area contributed by atoms with Crippen LogP contribution in [0.15, 0.2) is 41.4 Å². The third-order valence-corrected chi connectivity index (χ3v) is 3.20. The van der Waals surface area contributed by atoms with Gasteiger partial charge in [-0.3, -0.25) is 4.79 Å². The van der Waals surface area contributed by atoms with Gasteiger partial charge in [0, 0.05) is 35.5 Å². The molecule has 1 N–H and O–H groups in total. The average molecular weight is 322 g/mol. The van der Waals surface area contributed by atoms with Crippen molar-refractivity contribution in [3.05, 3.63) is 52.5 Å². The molecule has 1 heterocycles. The number of nitrogens with zero attached hydrogens (tertiary/aromatic N) is 2. The molecule has 1 aromatic heterocycles. The largest absolute Gasteiger partial charge is 0.352 e. The monoisotopic (exact) mass is 321 g/mol. The molecule has 0 saturated carbocycles. The van der Waals surface area contributed by atoms with Crippen molar-refractivity contribution in [3.63, 3.8) is 0 Å². The van der Waals surface area contributed by atoms with Crippen molar-refractivity contribution < 1.29 is 4.79 Å². The van der Waals surface area contributed by atoms with Crippen molar-refractivity contribution in [1.29, 1.82) is 0 Å². The SMILES string of the molecule is Cc1cc(Br)cc(C(=O)NCCCn2ccnc2)c1. The summed E-state index contributed by atoms with van der Waals surface area (Å²) in [6.07, 6.45) is 6.33. The zero-order valence-electron chi connectivity index (χ0n) is 10.8. The minimum Gasteiger partial charge on any atom is -0.352 e. The molecule has 0 saturated heterocycles. The van der Waals surface area contributed by atoms with E-state index >= 15 is 0 Å². The highest BCUT2D eigenvalue weighted by Gasteiger charge is 2.06. The van der Waals surface area contributed by atoms with E-state index in [4.69, 9.17) is 0 Å². The maximum Gasteiger partial charge on any atom is 0.251 e. The fourth-order valence-electron chi connectivity index (χ4n) is 1.85. The molecule has 0 bridgehead atoms. The van der Waals surface area contributed by atoms with Gasteiger partial charge in [-0.2, -0.15) is 0 Å². The van der Waals surface area contributed by atoms with Crippen LogP contribution in [0, 0.1) is 6.92 Å². The summed E-state index contributed by atoms with van der Waals surface area (Å²) in [5, 5.41) is 2.92. The second kappa shape index (κ2) is 6.52. The molecule has 0 unspecified atom stereocenters. The fourth-order valence-corrected chi connectivity index (χ4v) is 2.46. The van der Waals surface area contributed by atoms with Crippen LogP contribution in [0.3, 0.4) is 0 Å². The Morgan fingerprint density at radius 1 is 1.42 bits per heavy atom. The van der Waals surface area contributed by atoms with Gasteiger partial charge in [0.05, 0.1) is 6.33 Å². The second-order valence-corrected chi connectivity index (χ2v) is 5.34. The van der Waals surface area contributed by atoms with E-state index in [1.165, 1.54) is 0 Å². The van der Waals surface area contributed by atoms with Crippen LogP contribution in [0.2, 0.25) is 0 Å². The predicted octanol–water partition coefficient (Wildman–Crippen LogP) is 2.77. The van der Waals surface area contributed by atoms with E-state index < -0.39 is 0 Å². The Balaban J connectivity index is 1.80. The quantitative estimate of drug-likeness (QED) is 0.861. The minimum absolute atomic E-state index is 0.0324. The smallest absolute Gasteiger partial charge is 0.251 e. The van der Waals surface area contributed by atoms with E-state index in [1.54, 1.807) is 12.5 Å². The lowest BCUT2D eigenvalue weighted by Crippen LogP contribution is -2.25. The topological polar surface area (TPSA) is 46.9 Å². The van der Waals surface area contributed by atoms with Crippen LogP contribution in [0.5, 0.6) is 0 Å². The zero-order chi connectivity index (χ0) is 13.7. The van der Waals surface area contributed by atoms with Gasteiger partial charge in [-0.15, -0.1) is 0 Å². The van der Waals surface area contributed by atoms with Crippen LogP contribution in [0.25, 0.3) is 0 Å². The molecule has 0 radical (unpaired) electrons. The van der Waals surface area contributed by atoms with Gasteiger partial charge >= 0.3 is 0 Å². The molecule has 0 aliphatic rings. The number of carbonyl (C=O) groups is 1. The number of aryl methyl sites for hydroxylation is 2. The first-order chi connectivity index (χ1) is 9.15. The highest BCUT2D eigenvalue weighted by atomic mass is 79.9. The standard InChI is InChI=1S/C14H16BrN3O/c1-11-7-12(9-13(15)8-11)14(19)17-3-2-5-18-6-4-16-10-18/h4,6-10H,2-3,5H2,1H3,(H,17,19). The summed E-state index contributed by atoms with van der Waals surface area (Å²) in [6.45, 7) is 3.49. The third kappa shape index (κ3) is 4.21. The second-order valence-electron chi connectivity index (χ2n) is 4.43. The summed E-state index contributed by atoms with van der Waals surface area (Å²) < 4.78 is 2.92. The van der Waals surface area contributed by atoms with E-state index in [0.717, 1.165) is 23.0 Å². The maximum atomic E-state index is 12.0. The number of rotatable bonds is 5. The summed E-state index contributed by atoms with van der Waals surface area (Å²) in [4.78, 5) is 15.9. The van der Waals surface area contributed by atoms with Crippen LogP contribution < -0.4 is 5.32 Å². The van der Waals surface area contributed by atoms with Crippen molar-refractivity contribution in [2.75, 3.05) is 6.54 Å². The number of nitrogens with one attached hydrogen (secondary N) is 1. The van der Waals surface area contributed by atoms with Crippen LogP contribution in [-0.4, -0.2) is 22.0 Å². The molecule has 0 spiro atoms. The third-order valence-electron chi connectivity index (χ3n) is 2.74. The Bertz CT molecular complexity index is 532. The molecule has 0 aliphatic heterocycles. The first-order valence-electron chi connectivity index (χ1n) is 6.16. The van der Waals surface area contributed by atoms with E-state index in [9.17, 15) is 4.79 Å². The van der Waals surface area contributed by atoms with Crippen LogP contribution in [0.1, 0.15) is 22.3 Å². The van der Waals surface area contributed by atoms with Gasteiger partial charge in [0.25, 0.3) is 5.91 Å². The number of hydrogen-bond acceptors (Lipinski definition) is 2. The Morgan fingerprint density at radius 3 is 2.95 bits per heavy atom. The molecule has 2 rings (SSSR count). The Kier molecular flexibility index (Phi) is 4.74. The average Bonchev–Trinajstić information content (AvgIpc) is 2.86. The first-order valence-corrected chi connectivity index (χ1v) is 6.95. The van der Waals surface area contributed by atoms with Gasteiger partial charge in [-0.25, -0.2) is 4.98 Å². The first kappa shape index (κ1) is 13.8. The summed E-state index contributed by atoms with van der Waals surface area (Å²) in [6, 6.07) is 5.70. The molecule has 19 heavy (non-hydrogen) atoms. The predicted molar refractivity (Wildman–Crippen MR) is 78.1 cm³/mol. The number of aromatic nitrogens is 2. The summed E-state index contributed by atoms with van der Waals surface area (Å²) in [5.41, 5.74) is 1.76. The minimum atomic E-state index is -0.0324. The molecule has 5 heteroatoms. The number of amides is 1. The summed E-state index contributed by atoms with van der Waals surface area (Å²) >= 11 is 3.40. The normalized spacial score (nSPS) is 10.4. The number of benzene rings is 1. The maximum absolute atomic E-state index is 12.0. The van der Waals surface area contributed by atoms with Gasteiger partial charge < -0.3 is 9.88 Å². The van der Waals surface area contributed by atoms with Gasteiger partial charge in [-0.1, -0.05) is 15.9 Å². The Morgan fingerprint density at radius 2 is 2.26 bits per heavy atom. The summed E-state index contributed by atoms with van der Waals surface area (Å²) in [5.74, 6) is -0.0324. The molecular weight excluding hydrogens is 306 g/mol. The summed E-state index contributed by atoms with van der Waals surface area (Å²) in [7, 11) is 0. The fraction of sp³-hybridized carbons (Fsp3) is 0.286. The number of hydrogen-bond donors (Lipinski definition) is 1. The van der Waals surface area contributed by atoms with Crippen LogP contribution in [-0.2, 0) is 6.54 Å². The van der Waals surface area contributed by atoms with E-state index in [2.05, 4.69) is 26.2 Å². The molecule has 0 fully saturated rings. The molecule has 0 aliphatic carbocycles. The highest BCUT2D eigenvalue weighted by Crippen LogP contribution is 2.15. The molecule has 4 nitrogen and oxygen atoms in total. The molecule has 2 aromatic rings. The van der Waals surface area contributed by atoms with Crippen molar-refractivity contribution in [3.8, 4) is 0 Å². The number of carbonyl (C=O) groups excluding carboxylic acids is 1. The molecular formula is C14H16BrN3O. The zero-order valence-corrected chi connectivity index (χ0v) is 12.4. The van der Waals surface area contributed by atoms with E-state index in [1.807, 2.05) is 35.9 Å². The van der Waals surface area contributed by atoms with Gasteiger partial charge in [0.15, 0.2) is 0 Å². The lowest BCUT2D eigenvalue weighted by Gasteiger charge is -2.07. The number of halogens is 1. The van der Waals surface area contributed by atoms with Crippen molar-refractivity contribution >= 4 is 21.8 Å². The van der Waals surface area contributed by atoms with Crippen molar-refractivity contribution in [1.82, 2.24) is 14.9 Å². The number of imidazole rings is 1. The van der Waals surface area contributed by atoms with Gasteiger partial charge in [0.1, 0.15) is 0 Å². The van der Waals surface area contributed by atoms with E-state index in [-0.39, 0.29) is 5.91 Å². The van der Waals surface area contributed by atoms with Gasteiger partial charge in [-0.05, 0) is 37.1 Å². The lowest BCUT2D eigenvalue weighted by molar-refractivity contribution is 0.0952. The van der Waals surface area contributed by atoms with Crippen molar-refractivity contribution in [2.45, 2.75) is 19.9 Å². The molecule has 0 atom stereocenters. The van der Waals surface area contributed by atoms with Crippen LogP contribution >= 0.6 is 15.9 Å². The van der Waals surface area contributed by atoms with E-state index in [0.29, 0.717) is 12.1 Å². The molecule has 1 aromatic carbocycles. The Hall–Kier alpha value is -1.62.